The van der Waals surface area contributed by atoms with Gasteiger partial charge in [-0.1, -0.05) is 5.16 Å². The minimum absolute atomic E-state index is 0.278. The molecule has 2 aromatic heterocycles. The van der Waals surface area contributed by atoms with Gasteiger partial charge in [0, 0.05) is 29.9 Å². The highest BCUT2D eigenvalue weighted by atomic mass is 16.5. The predicted octanol–water partition coefficient (Wildman–Crippen LogP) is 2.43. The first-order valence-electron chi connectivity index (χ1n) is 5.84. The molecule has 0 radical (unpaired) electrons. The number of carbonyl (C=O) groups excluding carboxylic acids is 1. The third kappa shape index (κ3) is 2.16. The zero-order valence-corrected chi connectivity index (χ0v) is 9.72. The van der Waals surface area contributed by atoms with E-state index in [0.29, 0.717) is 6.54 Å². The van der Waals surface area contributed by atoms with Crippen molar-refractivity contribution in [1.29, 1.82) is 0 Å². The van der Waals surface area contributed by atoms with Crippen LogP contribution in [0.25, 0.3) is 0 Å². The summed E-state index contributed by atoms with van der Waals surface area (Å²) in [5.41, 5.74) is 1.69. The van der Waals surface area contributed by atoms with E-state index in [1.807, 2.05) is 36.0 Å². The molecular formula is C13H14N2O2. The van der Waals surface area contributed by atoms with Crippen molar-refractivity contribution < 1.29 is 9.32 Å². The van der Waals surface area contributed by atoms with Crippen LogP contribution in [0, 0.1) is 12.8 Å². The summed E-state index contributed by atoms with van der Waals surface area (Å²) in [5.74, 6) is 1.36. The predicted molar refractivity (Wildman–Crippen MR) is 61.8 cm³/mol. The van der Waals surface area contributed by atoms with Crippen molar-refractivity contribution in [2.75, 3.05) is 0 Å². The van der Waals surface area contributed by atoms with Crippen LogP contribution in [0.5, 0.6) is 0 Å². The monoisotopic (exact) mass is 230 g/mol. The average molecular weight is 230 g/mol. The van der Waals surface area contributed by atoms with Gasteiger partial charge in [0.15, 0.2) is 5.78 Å². The summed E-state index contributed by atoms with van der Waals surface area (Å²) < 4.78 is 6.97. The van der Waals surface area contributed by atoms with Crippen LogP contribution in [0.4, 0.5) is 0 Å². The Morgan fingerprint density at radius 3 is 3.06 bits per heavy atom. The topological polar surface area (TPSA) is 48.0 Å². The van der Waals surface area contributed by atoms with Crippen LogP contribution in [0.15, 0.2) is 29.0 Å². The molecule has 1 fully saturated rings. The van der Waals surface area contributed by atoms with Gasteiger partial charge in [-0.15, -0.1) is 0 Å². The lowest BCUT2D eigenvalue weighted by Crippen LogP contribution is -2.00. The second-order valence-corrected chi connectivity index (χ2v) is 4.64. The van der Waals surface area contributed by atoms with Crippen LogP contribution in [-0.4, -0.2) is 15.5 Å². The molecule has 0 aromatic carbocycles. The molecule has 0 N–H and O–H groups in total. The molecule has 2 heterocycles. The second-order valence-electron chi connectivity index (χ2n) is 4.64. The third-order valence-corrected chi connectivity index (χ3v) is 3.00. The molecule has 4 nitrogen and oxygen atoms in total. The number of rotatable bonds is 4. The summed E-state index contributed by atoms with van der Waals surface area (Å²) in [4.78, 5) is 11.8. The molecular weight excluding hydrogens is 216 g/mol. The van der Waals surface area contributed by atoms with Gasteiger partial charge < -0.3 is 9.09 Å². The SMILES string of the molecule is Cc1cc(Cn2ccc(C(=O)C3CC3)c2)no1. The third-order valence-electron chi connectivity index (χ3n) is 3.00. The number of aromatic nitrogens is 2. The van der Waals surface area contributed by atoms with E-state index >= 15 is 0 Å². The van der Waals surface area contributed by atoms with Gasteiger partial charge in [-0.3, -0.25) is 4.79 Å². The van der Waals surface area contributed by atoms with Crippen LogP contribution < -0.4 is 0 Å². The molecule has 17 heavy (non-hydrogen) atoms. The van der Waals surface area contributed by atoms with Gasteiger partial charge in [-0.05, 0) is 25.8 Å². The highest BCUT2D eigenvalue weighted by Gasteiger charge is 2.30. The molecule has 0 spiro atoms. The van der Waals surface area contributed by atoms with Crippen molar-refractivity contribution in [3.8, 4) is 0 Å². The van der Waals surface area contributed by atoms with Gasteiger partial charge >= 0.3 is 0 Å². The first kappa shape index (κ1) is 10.3. The summed E-state index contributed by atoms with van der Waals surface area (Å²) >= 11 is 0. The Balaban J connectivity index is 1.73. The van der Waals surface area contributed by atoms with E-state index in [9.17, 15) is 4.79 Å². The van der Waals surface area contributed by atoms with Crippen LogP contribution >= 0.6 is 0 Å². The Labute approximate surface area is 99.2 Å². The van der Waals surface area contributed by atoms with E-state index < -0.39 is 0 Å². The normalized spacial score (nSPS) is 15.1. The van der Waals surface area contributed by atoms with Crippen molar-refractivity contribution >= 4 is 5.78 Å². The van der Waals surface area contributed by atoms with Crippen molar-refractivity contribution in [3.05, 3.63) is 41.5 Å². The number of Topliss-reactive ketones (excluding diaryl/α,β-unsaturated/α-hetero) is 1. The highest BCUT2D eigenvalue weighted by Crippen LogP contribution is 2.32. The molecule has 88 valence electrons. The van der Waals surface area contributed by atoms with Gasteiger partial charge in [-0.2, -0.15) is 0 Å². The van der Waals surface area contributed by atoms with E-state index in [-0.39, 0.29) is 11.7 Å². The fraction of sp³-hybridized carbons (Fsp3) is 0.385. The standard InChI is InChI=1S/C13H14N2O2/c1-9-6-12(14-17-9)8-15-5-4-11(7-15)13(16)10-2-3-10/h4-7,10H,2-3,8H2,1H3. The fourth-order valence-electron chi connectivity index (χ4n) is 1.95. The molecule has 0 saturated heterocycles. The molecule has 0 atom stereocenters. The summed E-state index contributed by atoms with van der Waals surface area (Å²) in [7, 11) is 0. The number of aryl methyl sites for hydroxylation is 1. The molecule has 0 aliphatic heterocycles. The van der Waals surface area contributed by atoms with Crippen molar-refractivity contribution in [2.24, 2.45) is 5.92 Å². The van der Waals surface area contributed by atoms with Crippen molar-refractivity contribution in [2.45, 2.75) is 26.3 Å². The quantitative estimate of drug-likeness (QED) is 0.758. The molecule has 0 unspecified atom stereocenters. The molecule has 4 heteroatoms. The van der Waals surface area contributed by atoms with Gasteiger partial charge in [0.1, 0.15) is 11.5 Å². The van der Waals surface area contributed by atoms with E-state index in [1.165, 1.54) is 0 Å². The lowest BCUT2D eigenvalue weighted by molar-refractivity contribution is 0.0967. The van der Waals surface area contributed by atoms with Gasteiger partial charge in [0.05, 0.1) is 6.54 Å². The second kappa shape index (κ2) is 3.87. The Morgan fingerprint density at radius 2 is 2.41 bits per heavy atom. The zero-order valence-electron chi connectivity index (χ0n) is 9.72. The van der Waals surface area contributed by atoms with Gasteiger partial charge in [0.2, 0.25) is 0 Å². The van der Waals surface area contributed by atoms with Crippen molar-refractivity contribution in [3.63, 3.8) is 0 Å². The molecule has 3 rings (SSSR count). The Bertz CT molecular complexity index is 549. The van der Waals surface area contributed by atoms with Crippen LogP contribution in [0.1, 0.15) is 34.7 Å². The number of hydrogen-bond donors (Lipinski definition) is 0. The molecule has 1 aliphatic rings. The van der Waals surface area contributed by atoms with Gasteiger partial charge in [-0.25, -0.2) is 0 Å². The number of ketones is 1. The highest BCUT2D eigenvalue weighted by molar-refractivity contribution is 5.99. The van der Waals surface area contributed by atoms with Crippen LogP contribution in [0.3, 0.4) is 0 Å². The number of hydrogen-bond acceptors (Lipinski definition) is 3. The summed E-state index contributed by atoms with van der Waals surface area (Å²) in [5, 5.41) is 3.93. The molecule has 2 aromatic rings. The summed E-state index contributed by atoms with van der Waals surface area (Å²) in [6.07, 6.45) is 5.91. The van der Waals surface area contributed by atoms with E-state index in [4.69, 9.17) is 4.52 Å². The minimum Gasteiger partial charge on any atom is -0.361 e. The molecule has 1 aliphatic carbocycles. The summed E-state index contributed by atoms with van der Waals surface area (Å²) in [6, 6.07) is 3.79. The Kier molecular flexibility index (Phi) is 2.35. The number of carbonyl (C=O) groups is 1. The molecule has 0 bridgehead atoms. The maximum atomic E-state index is 11.8. The lowest BCUT2D eigenvalue weighted by Gasteiger charge is -1.97. The van der Waals surface area contributed by atoms with E-state index in [1.54, 1.807) is 0 Å². The first-order chi connectivity index (χ1) is 8.22. The van der Waals surface area contributed by atoms with Crippen LogP contribution in [-0.2, 0) is 6.54 Å². The molecule has 0 amide bonds. The van der Waals surface area contributed by atoms with Crippen LogP contribution in [0.2, 0.25) is 0 Å². The maximum absolute atomic E-state index is 11.8. The van der Waals surface area contributed by atoms with Gasteiger partial charge in [0.25, 0.3) is 0 Å². The largest absolute Gasteiger partial charge is 0.361 e. The Hall–Kier alpha value is -1.84. The first-order valence-corrected chi connectivity index (χ1v) is 5.84. The molecule has 1 saturated carbocycles. The number of nitrogens with zero attached hydrogens (tertiary/aromatic N) is 2. The maximum Gasteiger partial charge on any atom is 0.167 e. The van der Waals surface area contributed by atoms with E-state index in [0.717, 1.165) is 29.9 Å². The Morgan fingerprint density at radius 1 is 1.59 bits per heavy atom. The average Bonchev–Trinajstić information content (AvgIpc) is 2.93. The summed E-state index contributed by atoms with van der Waals surface area (Å²) in [6.45, 7) is 2.52. The zero-order chi connectivity index (χ0) is 11.8. The smallest absolute Gasteiger partial charge is 0.167 e. The van der Waals surface area contributed by atoms with Crippen molar-refractivity contribution in [1.82, 2.24) is 9.72 Å². The minimum atomic E-state index is 0.278. The lowest BCUT2D eigenvalue weighted by atomic mass is 10.1. The fourth-order valence-corrected chi connectivity index (χ4v) is 1.95. The van der Waals surface area contributed by atoms with E-state index in [2.05, 4.69) is 5.16 Å².